The van der Waals surface area contributed by atoms with Crippen LogP contribution in [-0.2, 0) is 17.8 Å². The maximum Gasteiger partial charge on any atom is 0.322 e. The van der Waals surface area contributed by atoms with Gasteiger partial charge in [-0.05, 0) is 61.5 Å². The van der Waals surface area contributed by atoms with Gasteiger partial charge in [0, 0.05) is 23.5 Å². The number of methoxy groups -OCH3 is 4. The van der Waals surface area contributed by atoms with Gasteiger partial charge < -0.3 is 34.1 Å². The third-order valence-corrected chi connectivity index (χ3v) is 7.10. The minimum absolute atomic E-state index is 0.0702. The van der Waals surface area contributed by atoms with Gasteiger partial charge in [-0.15, -0.1) is 11.3 Å². The molecule has 0 atom stereocenters. The van der Waals surface area contributed by atoms with E-state index in [1.54, 1.807) is 55.8 Å². The Kier molecular flexibility index (Phi) is 10.9. The predicted octanol–water partition coefficient (Wildman–Crippen LogP) is 5.30. The Bertz CT molecular complexity index is 1230. The van der Waals surface area contributed by atoms with E-state index >= 15 is 0 Å². The van der Waals surface area contributed by atoms with Gasteiger partial charge in [-0.2, -0.15) is 0 Å². The molecule has 39 heavy (non-hydrogen) atoms. The van der Waals surface area contributed by atoms with Crippen LogP contribution in [0.15, 0.2) is 53.9 Å². The Morgan fingerprint density at radius 2 is 1.64 bits per heavy atom. The summed E-state index contributed by atoms with van der Waals surface area (Å²) in [4.78, 5) is 31.3. The van der Waals surface area contributed by atoms with Crippen molar-refractivity contribution in [3.8, 4) is 23.0 Å². The predicted molar refractivity (Wildman–Crippen MR) is 153 cm³/mol. The first kappa shape index (κ1) is 29.6. The quantitative estimate of drug-likeness (QED) is 0.308. The summed E-state index contributed by atoms with van der Waals surface area (Å²) in [6, 6.07) is 14.2. The topological polar surface area (TPSA) is 89.6 Å². The first-order valence-electron chi connectivity index (χ1n) is 12.6. The number of benzene rings is 2. The van der Waals surface area contributed by atoms with E-state index in [1.165, 1.54) is 12.0 Å². The van der Waals surface area contributed by atoms with Gasteiger partial charge >= 0.3 is 6.03 Å². The molecule has 3 aromatic rings. The number of thiophene rings is 1. The lowest BCUT2D eigenvalue weighted by Crippen LogP contribution is -2.47. The molecule has 0 unspecified atom stereocenters. The zero-order valence-electron chi connectivity index (χ0n) is 23.4. The van der Waals surface area contributed by atoms with Gasteiger partial charge in [0.25, 0.3) is 0 Å². The van der Waals surface area contributed by atoms with Gasteiger partial charge in [-0.1, -0.05) is 12.1 Å². The van der Waals surface area contributed by atoms with Crippen molar-refractivity contribution in [3.63, 3.8) is 0 Å². The number of carbonyl (C=O) groups excluding carboxylic acids is 2. The van der Waals surface area contributed by atoms with Crippen molar-refractivity contribution in [1.29, 1.82) is 0 Å². The number of carbonyl (C=O) groups is 2. The molecule has 210 valence electrons. The molecule has 0 radical (unpaired) electrons. The Labute approximate surface area is 234 Å². The Morgan fingerprint density at radius 1 is 0.897 bits per heavy atom. The van der Waals surface area contributed by atoms with Crippen molar-refractivity contribution in [3.05, 3.63) is 64.4 Å². The van der Waals surface area contributed by atoms with Gasteiger partial charge in [-0.25, -0.2) is 4.79 Å². The molecule has 0 aliphatic heterocycles. The van der Waals surface area contributed by atoms with Crippen molar-refractivity contribution in [1.82, 2.24) is 9.80 Å². The maximum absolute atomic E-state index is 13.6. The second-order valence-electron chi connectivity index (χ2n) is 9.05. The Balaban J connectivity index is 1.75. The summed E-state index contributed by atoms with van der Waals surface area (Å²) < 4.78 is 21.4. The molecule has 3 amide bonds. The first-order valence-corrected chi connectivity index (χ1v) is 13.5. The molecule has 9 nitrogen and oxygen atoms in total. The molecule has 3 rings (SSSR count). The van der Waals surface area contributed by atoms with Crippen LogP contribution >= 0.6 is 11.3 Å². The standard InChI is InChI=1S/C29H37N3O6S/c1-20(2)32(29(34)30-24-11-10-22(35-3)17-26(24)37-5)19-28(33)31(18-23-8-7-15-39-23)14-13-21-9-12-25(36-4)27(16-21)38-6/h7-12,15-17,20H,13-14,18-19H2,1-6H3,(H,30,34). The largest absolute Gasteiger partial charge is 0.497 e. The third kappa shape index (κ3) is 8.03. The number of hydrogen-bond acceptors (Lipinski definition) is 7. The van der Waals surface area contributed by atoms with E-state index in [2.05, 4.69) is 5.32 Å². The number of rotatable bonds is 13. The normalized spacial score (nSPS) is 10.6. The molecular formula is C29H37N3O6S. The van der Waals surface area contributed by atoms with Crippen molar-refractivity contribution in [2.24, 2.45) is 0 Å². The third-order valence-electron chi connectivity index (χ3n) is 6.24. The molecule has 10 heteroatoms. The average molecular weight is 556 g/mol. The van der Waals surface area contributed by atoms with Crippen molar-refractivity contribution in [2.45, 2.75) is 32.9 Å². The number of hydrogen-bond donors (Lipinski definition) is 1. The molecule has 1 heterocycles. The molecule has 0 fully saturated rings. The molecule has 0 saturated carbocycles. The summed E-state index contributed by atoms with van der Waals surface area (Å²) in [7, 11) is 6.28. The van der Waals surface area contributed by atoms with E-state index in [4.69, 9.17) is 18.9 Å². The maximum atomic E-state index is 13.6. The molecule has 1 N–H and O–H groups in total. The lowest BCUT2D eigenvalue weighted by Gasteiger charge is -2.30. The molecule has 0 aliphatic rings. The highest BCUT2D eigenvalue weighted by atomic mass is 32.1. The summed E-state index contributed by atoms with van der Waals surface area (Å²) in [6.07, 6.45) is 0.619. The van der Waals surface area contributed by atoms with E-state index in [0.717, 1.165) is 10.4 Å². The first-order chi connectivity index (χ1) is 18.8. The zero-order chi connectivity index (χ0) is 28.4. The van der Waals surface area contributed by atoms with Gasteiger partial charge in [0.15, 0.2) is 11.5 Å². The van der Waals surface area contributed by atoms with Crippen LogP contribution in [0.3, 0.4) is 0 Å². The number of anilines is 1. The van der Waals surface area contributed by atoms with E-state index in [0.29, 0.717) is 48.2 Å². The lowest BCUT2D eigenvalue weighted by atomic mass is 10.1. The summed E-state index contributed by atoms with van der Waals surface area (Å²) in [6.45, 7) is 4.63. The zero-order valence-corrected chi connectivity index (χ0v) is 24.2. The minimum atomic E-state index is -0.391. The fraction of sp³-hybridized carbons (Fsp3) is 0.379. The van der Waals surface area contributed by atoms with Gasteiger partial charge in [-0.3, -0.25) is 4.79 Å². The summed E-state index contributed by atoms with van der Waals surface area (Å²) >= 11 is 1.59. The van der Waals surface area contributed by atoms with E-state index in [1.807, 2.05) is 49.6 Å². The molecule has 1 aromatic heterocycles. The number of nitrogens with zero attached hydrogens (tertiary/aromatic N) is 2. The SMILES string of the molecule is COc1ccc(NC(=O)N(CC(=O)N(CCc2ccc(OC)c(OC)c2)Cc2cccs2)C(C)C)c(OC)c1. The summed E-state index contributed by atoms with van der Waals surface area (Å²) in [5, 5.41) is 4.87. The Hall–Kier alpha value is -3.92. The van der Waals surface area contributed by atoms with Crippen LogP contribution in [-0.4, -0.2) is 69.3 Å². The highest BCUT2D eigenvalue weighted by molar-refractivity contribution is 7.09. The van der Waals surface area contributed by atoms with Gasteiger partial charge in [0.2, 0.25) is 5.91 Å². The number of nitrogens with one attached hydrogen (secondary N) is 1. The molecule has 2 aromatic carbocycles. The van der Waals surface area contributed by atoms with Crippen LogP contribution in [0.1, 0.15) is 24.3 Å². The minimum Gasteiger partial charge on any atom is -0.497 e. The van der Waals surface area contributed by atoms with E-state index in [9.17, 15) is 9.59 Å². The van der Waals surface area contributed by atoms with Crippen LogP contribution in [0.25, 0.3) is 0 Å². The molecule has 0 spiro atoms. The van der Waals surface area contributed by atoms with Gasteiger partial charge in [0.1, 0.15) is 18.0 Å². The van der Waals surface area contributed by atoms with Crippen LogP contribution in [0.4, 0.5) is 10.5 Å². The van der Waals surface area contributed by atoms with Crippen LogP contribution < -0.4 is 24.3 Å². The molecule has 0 aliphatic carbocycles. The van der Waals surface area contributed by atoms with Crippen molar-refractivity contribution in [2.75, 3.05) is 46.8 Å². The van der Waals surface area contributed by atoms with E-state index in [-0.39, 0.29) is 18.5 Å². The molecular weight excluding hydrogens is 518 g/mol. The number of ether oxygens (including phenoxy) is 4. The molecule has 0 saturated heterocycles. The molecule has 0 bridgehead atoms. The van der Waals surface area contributed by atoms with Gasteiger partial charge in [0.05, 0.1) is 40.7 Å². The monoisotopic (exact) mass is 555 g/mol. The van der Waals surface area contributed by atoms with Crippen LogP contribution in [0.5, 0.6) is 23.0 Å². The number of amides is 3. The number of urea groups is 1. The summed E-state index contributed by atoms with van der Waals surface area (Å²) in [5.41, 5.74) is 1.51. The smallest absolute Gasteiger partial charge is 0.322 e. The second kappa shape index (κ2) is 14.3. The average Bonchev–Trinajstić information content (AvgIpc) is 3.46. The van der Waals surface area contributed by atoms with Crippen LogP contribution in [0, 0.1) is 0 Å². The van der Waals surface area contributed by atoms with Crippen molar-refractivity contribution < 1.29 is 28.5 Å². The highest BCUT2D eigenvalue weighted by Gasteiger charge is 2.25. The lowest BCUT2D eigenvalue weighted by molar-refractivity contribution is -0.132. The fourth-order valence-electron chi connectivity index (χ4n) is 4.01. The second-order valence-corrected chi connectivity index (χ2v) is 10.1. The fourth-order valence-corrected chi connectivity index (χ4v) is 4.73. The van der Waals surface area contributed by atoms with Crippen LogP contribution in [0.2, 0.25) is 0 Å². The highest BCUT2D eigenvalue weighted by Crippen LogP contribution is 2.30. The van der Waals surface area contributed by atoms with E-state index < -0.39 is 6.03 Å². The van der Waals surface area contributed by atoms with Crippen molar-refractivity contribution >= 4 is 29.0 Å². The summed E-state index contributed by atoms with van der Waals surface area (Å²) in [5.74, 6) is 2.23. The Morgan fingerprint density at radius 3 is 2.26 bits per heavy atom.